The summed E-state index contributed by atoms with van der Waals surface area (Å²) >= 11 is 6.10. The highest BCUT2D eigenvalue weighted by molar-refractivity contribution is 6.32. The molecule has 0 saturated carbocycles. The number of aromatic amines is 1. The molecule has 0 saturated heterocycles. The molecule has 0 unspecified atom stereocenters. The number of aromatic nitrogens is 2. The van der Waals surface area contributed by atoms with E-state index in [1.165, 1.54) is 0 Å². The Bertz CT molecular complexity index is 540. The fourth-order valence-corrected chi connectivity index (χ4v) is 1.86. The Labute approximate surface area is 103 Å². The first kappa shape index (κ1) is 11.6. The third-order valence-corrected chi connectivity index (χ3v) is 2.63. The number of nitrogens with one attached hydrogen (secondary N) is 1. The molecule has 3 N–H and O–H groups in total. The molecule has 0 radical (unpaired) electrons. The fourth-order valence-electron chi connectivity index (χ4n) is 1.57. The summed E-state index contributed by atoms with van der Waals surface area (Å²) in [6.07, 6.45) is 0. The highest BCUT2D eigenvalue weighted by atomic mass is 35.5. The smallest absolute Gasteiger partial charge is 0.147 e. The van der Waals surface area contributed by atoms with Crippen molar-refractivity contribution >= 4 is 17.4 Å². The number of anilines is 1. The van der Waals surface area contributed by atoms with E-state index in [4.69, 9.17) is 26.8 Å². The van der Waals surface area contributed by atoms with Crippen LogP contribution in [0.3, 0.4) is 0 Å². The number of benzene rings is 1. The lowest BCUT2D eigenvalue weighted by atomic mass is 10.1. The van der Waals surface area contributed by atoms with Gasteiger partial charge in [-0.2, -0.15) is 5.10 Å². The highest BCUT2D eigenvalue weighted by Crippen LogP contribution is 2.39. The summed E-state index contributed by atoms with van der Waals surface area (Å²) in [7, 11) is 3.13. The first-order chi connectivity index (χ1) is 8.15. The molecular weight excluding hydrogens is 242 g/mol. The Morgan fingerprint density at radius 1 is 1.24 bits per heavy atom. The molecule has 90 valence electrons. The fraction of sp³-hybridized carbons (Fsp3) is 0.182. The van der Waals surface area contributed by atoms with E-state index in [9.17, 15) is 0 Å². The number of hydrogen-bond donors (Lipinski definition) is 2. The summed E-state index contributed by atoms with van der Waals surface area (Å²) in [4.78, 5) is 0. The van der Waals surface area contributed by atoms with Gasteiger partial charge in [-0.05, 0) is 6.07 Å². The zero-order valence-corrected chi connectivity index (χ0v) is 10.2. The number of hydrogen-bond acceptors (Lipinski definition) is 4. The molecule has 1 heterocycles. The molecule has 2 aromatic rings. The van der Waals surface area contributed by atoms with Gasteiger partial charge in [-0.3, -0.25) is 5.10 Å². The van der Waals surface area contributed by atoms with Crippen LogP contribution in [0.5, 0.6) is 11.5 Å². The number of nitrogens with two attached hydrogens (primary N) is 1. The van der Waals surface area contributed by atoms with Crippen LogP contribution >= 0.6 is 11.6 Å². The maximum Gasteiger partial charge on any atom is 0.147 e. The Morgan fingerprint density at radius 2 is 2.00 bits per heavy atom. The van der Waals surface area contributed by atoms with Crippen LogP contribution in [0.15, 0.2) is 18.2 Å². The molecule has 1 aromatic carbocycles. The zero-order chi connectivity index (χ0) is 12.4. The predicted octanol–water partition coefficient (Wildman–Crippen LogP) is 2.33. The maximum absolute atomic E-state index is 6.10. The SMILES string of the molecule is COc1cc(Cl)c(OC)c(-c2cc(N)n[nH]2)c1. The molecule has 6 heteroatoms. The minimum absolute atomic E-state index is 0.404. The van der Waals surface area contributed by atoms with E-state index in [0.717, 1.165) is 11.3 Å². The second-order valence-corrected chi connectivity index (χ2v) is 3.80. The number of halogens is 1. The van der Waals surface area contributed by atoms with E-state index in [-0.39, 0.29) is 0 Å². The number of nitrogen functional groups attached to an aromatic ring is 1. The normalized spacial score (nSPS) is 10.3. The largest absolute Gasteiger partial charge is 0.497 e. The number of rotatable bonds is 3. The van der Waals surface area contributed by atoms with E-state index in [2.05, 4.69) is 10.2 Å². The Balaban J connectivity index is 2.61. The van der Waals surface area contributed by atoms with Crippen LogP contribution in [0.2, 0.25) is 5.02 Å². The molecule has 17 heavy (non-hydrogen) atoms. The third kappa shape index (κ3) is 2.14. The minimum atomic E-state index is 0.404. The van der Waals surface area contributed by atoms with Gasteiger partial charge in [0, 0.05) is 17.7 Å². The molecule has 0 fully saturated rings. The van der Waals surface area contributed by atoms with Gasteiger partial charge in [0.1, 0.15) is 17.3 Å². The average Bonchev–Trinajstić information content (AvgIpc) is 2.74. The molecule has 0 aliphatic heterocycles. The van der Waals surface area contributed by atoms with E-state index >= 15 is 0 Å². The predicted molar refractivity (Wildman–Crippen MR) is 66.6 cm³/mol. The summed E-state index contributed by atoms with van der Waals surface area (Å²) < 4.78 is 10.4. The molecule has 5 nitrogen and oxygen atoms in total. The molecule has 2 rings (SSSR count). The van der Waals surface area contributed by atoms with Crippen molar-refractivity contribution in [3.63, 3.8) is 0 Å². The van der Waals surface area contributed by atoms with Crippen LogP contribution in [-0.2, 0) is 0 Å². The van der Waals surface area contributed by atoms with Gasteiger partial charge in [0.05, 0.1) is 24.9 Å². The van der Waals surface area contributed by atoms with Gasteiger partial charge >= 0.3 is 0 Å². The van der Waals surface area contributed by atoms with E-state index in [0.29, 0.717) is 22.3 Å². The zero-order valence-electron chi connectivity index (χ0n) is 9.45. The Hall–Kier alpha value is -1.88. The lowest BCUT2D eigenvalue weighted by Gasteiger charge is -2.11. The van der Waals surface area contributed by atoms with Crippen molar-refractivity contribution in [2.75, 3.05) is 20.0 Å². The summed E-state index contributed by atoms with van der Waals surface area (Å²) in [5.74, 6) is 1.59. The summed E-state index contributed by atoms with van der Waals surface area (Å²) in [6, 6.07) is 5.19. The number of H-pyrrole nitrogens is 1. The van der Waals surface area contributed by atoms with Crippen molar-refractivity contribution in [2.24, 2.45) is 0 Å². The standard InChI is InChI=1S/C11H12ClN3O2/c1-16-6-3-7(9-5-10(13)15-14-9)11(17-2)8(12)4-6/h3-5H,1-2H3,(H3,13,14,15). The average molecular weight is 254 g/mol. The van der Waals surface area contributed by atoms with Crippen LogP contribution in [0, 0.1) is 0 Å². The monoisotopic (exact) mass is 253 g/mol. The molecule has 0 atom stereocenters. The summed E-state index contributed by atoms with van der Waals surface area (Å²) in [5.41, 5.74) is 7.04. The molecule has 0 aliphatic carbocycles. The van der Waals surface area contributed by atoms with Crippen LogP contribution in [0.25, 0.3) is 11.3 Å². The van der Waals surface area contributed by atoms with Crippen molar-refractivity contribution in [1.29, 1.82) is 0 Å². The van der Waals surface area contributed by atoms with E-state index < -0.39 is 0 Å². The number of nitrogens with zero attached hydrogens (tertiary/aromatic N) is 1. The third-order valence-electron chi connectivity index (χ3n) is 2.34. The summed E-state index contributed by atoms with van der Waals surface area (Å²) in [5, 5.41) is 7.14. The van der Waals surface area contributed by atoms with Gasteiger partial charge in [0.2, 0.25) is 0 Å². The summed E-state index contributed by atoms with van der Waals surface area (Å²) in [6.45, 7) is 0. The lowest BCUT2D eigenvalue weighted by molar-refractivity contribution is 0.404. The first-order valence-corrected chi connectivity index (χ1v) is 5.26. The second kappa shape index (κ2) is 4.55. The van der Waals surface area contributed by atoms with Crippen molar-refractivity contribution in [3.05, 3.63) is 23.2 Å². The van der Waals surface area contributed by atoms with Crippen molar-refractivity contribution in [1.82, 2.24) is 10.2 Å². The van der Waals surface area contributed by atoms with Crippen molar-refractivity contribution in [2.45, 2.75) is 0 Å². The molecule has 0 amide bonds. The van der Waals surface area contributed by atoms with Crippen molar-refractivity contribution < 1.29 is 9.47 Å². The van der Waals surface area contributed by atoms with Crippen LogP contribution in [-0.4, -0.2) is 24.4 Å². The Morgan fingerprint density at radius 3 is 2.53 bits per heavy atom. The molecule has 0 spiro atoms. The molecule has 0 aliphatic rings. The second-order valence-electron chi connectivity index (χ2n) is 3.40. The maximum atomic E-state index is 6.10. The topological polar surface area (TPSA) is 73.2 Å². The number of methoxy groups -OCH3 is 2. The lowest BCUT2D eigenvalue weighted by Crippen LogP contribution is -1.92. The van der Waals surface area contributed by atoms with Gasteiger partial charge in [-0.15, -0.1) is 0 Å². The molecular formula is C11H12ClN3O2. The van der Waals surface area contributed by atoms with Gasteiger partial charge < -0.3 is 15.2 Å². The minimum Gasteiger partial charge on any atom is -0.497 e. The van der Waals surface area contributed by atoms with E-state index in [1.807, 2.05) is 0 Å². The first-order valence-electron chi connectivity index (χ1n) is 4.88. The molecule has 1 aromatic heterocycles. The van der Waals surface area contributed by atoms with Crippen LogP contribution in [0.4, 0.5) is 5.82 Å². The number of ether oxygens (including phenoxy) is 2. The highest BCUT2D eigenvalue weighted by Gasteiger charge is 2.14. The van der Waals surface area contributed by atoms with Gasteiger partial charge in [0.15, 0.2) is 0 Å². The quantitative estimate of drug-likeness (QED) is 0.881. The van der Waals surface area contributed by atoms with Gasteiger partial charge in [-0.25, -0.2) is 0 Å². The van der Waals surface area contributed by atoms with Gasteiger partial charge in [0.25, 0.3) is 0 Å². The Kier molecular flexibility index (Phi) is 3.10. The van der Waals surface area contributed by atoms with Crippen LogP contribution < -0.4 is 15.2 Å². The molecule has 0 bridgehead atoms. The van der Waals surface area contributed by atoms with Crippen LogP contribution in [0.1, 0.15) is 0 Å². The van der Waals surface area contributed by atoms with E-state index in [1.54, 1.807) is 32.4 Å². The van der Waals surface area contributed by atoms with Crippen molar-refractivity contribution in [3.8, 4) is 22.8 Å². The van der Waals surface area contributed by atoms with Gasteiger partial charge in [-0.1, -0.05) is 11.6 Å².